The van der Waals surface area contributed by atoms with Crippen LogP contribution >= 0.6 is 22.9 Å². The van der Waals surface area contributed by atoms with E-state index < -0.39 is 4.92 Å². The number of hydrogen-bond acceptors (Lipinski definition) is 7. The van der Waals surface area contributed by atoms with Gasteiger partial charge in [-0.25, -0.2) is 4.98 Å². The number of aliphatic hydroxyl groups excluding tert-OH is 1. The van der Waals surface area contributed by atoms with E-state index >= 15 is 0 Å². The van der Waals surface area contributed by atoms with Crippen LogP contribution in [0.25, 0.3) is 21.3 Å². The van der Waals surface area contributed by atoms with Crippen LogP contribution in [0.2, 0.25) is 5.28 Å². The van der Waals surface area contributed by atoms with Gasteiger partial charge in [0.05, 0.1) is 16.9 Å². The molecule has 0 amide bonds. The largest absolute Gasteiger partial charge is 0.395 e. The molecule has 7 nitrogen and oxygen atoms in total. The van der Waals surface area contributed by atoms with Crippen LogP contribution in [-0.2, 0) is 0 Å². The average molecular weight is 365 g/mol. The number of nitro groups is 1. The van der Waals surface area contributed by atoms with Gasteiger partial charge in [0, 0.05) is 36.7 Å². The number of fused-ring (bicyclic) bond motifs is 1. The Balaban J connectivity index is 2.22. The van der Waals surface area contributed by atoms with Crippen LogP contribution in [-0.4, -0.2) is 40.2 Å². The number of anilines is 1. The van der Waals surface area contributed by atoms with Gasteiger partial charge in [-0.3, -0.25) is 10.1 Å². The number of benzene rings is 1. The molecule has 2 aromatic heterocycles. The van der Waals surface area contributed by atoms with Gasteiger partial charge >= 0.3 is 0 Å². The van der Waals surface area contributed by atoms with E-state index in [1.807, 2.05) is 5.38 Å². The Morgan fingerprint density at radius 2 is 2.21 bits per heavy atom. The van der Waals surface area contributed by atoms with Crippen molar-refractivity contribution in [2.24, 2.45) is 0 Å². The summed E-state index contributed by atoms with van der Waals surface area (Å²) < 4.78 is 0. The molecule has 0 saturated carbocycles. The van der Waals surface area contributed by atoms with Crippen molar-refractivity contribution in [3.63, 3.8) is 0 Å². The lowest BCUT2D eigenvalue weighted by Crippen LogP contribution is -2.22. The maximum Gasteiger partial charge on any atom is 0.270 e. The zero-order valence-electron chi connectivity index (χ0n) is 12.6. The van der Waals surface area contributed by atoms with Crippen LogP contribution in [0.5, 0.6) is 0 Å². The van der Waals surface area contributed by atoms with E-state index in [0.29, 0.717) is 22.8 Å². The Labute approximate surface area is 146 Å². The molecule has 9 heteroatoms. The molecule has 0 radical (unpaired) electrons. The van der Waals surface area contributed by atoms with E-state index in [1.165, 1.54) is 23.5 Å². The summed E-state index contributed by atoms with van der Waals surface area (Å²) in [6, 6.07) is 6.42. The van der Waals surface area contributed by atoms with Crippen molar-refractivity contribution in [2.75, 3.05) is 25.1 Å². The molecular formula is C15H13ClN4O3S. The number of nitro benzene ring substituents is 1. The number of nitrogens with zero attached hydrogens (tertiary/aromatic N) is 4. The molecule has 0 bridgehead atoms. The summed E-state index contributed by atoms with van der Waals surface area (Å²) in [6.07, 6.45) is 0. The van der Waals surface area contributed by atoms with Gasteiger partial charge in [-0.2, -0.15) is 4.98 Å². The predicted octanol–water partition coefficient (Wildman–Crippen LogP) is 3.35. The lowest BCUT2D eigenvalue weighted by atomic mass is 10.1. The average Bonchev–Trinajstić information content (AvgIpc) is 2.98. The summed E-state index contributed by atoms with van der Waals surface area (Å²) in [5.41, 5.74) is 1.53. The molecule has 0 spiro atoms. The minimum absolute atomic E-state index is 0.0204. The Kier molecular flexibility index (Phi) is 4.61. The fourth-order valence-corrected chi connectivity index (χ4v) is 3.59. The summed E-state index contributed by atoms with van der Waals surface area (Å²) >= 11 is 7.39. The van der Waals surface area contributed by atoms with E-state index in [1.54, 1.807) is 24.1 Å². The maximum absolute atomic E-state index is 11.0. The van der Waals surface area contributed by atoms with E-state index in [2.05, 4.69) is 9.97 Å². The molecule has 0 fully saturated rings. The Morgan fingerprint density at radius 1 is 1.42 bits per heavy atom. The summed E-state index contributed by atoms with van der Waals surface area (Å²) in [5, 5.41) is 23.0. The third kappa shape index (κ3) is 3.03. The molecule has 3 aromatic rings. The highest BCUT2D eigenvalue weighted by molar-refractivity contribution is 7.17. The standard InChI is InChI=1S/C15H13ClN4O3S/c1-19(5-6-21)13-12-11(8-24-14(12)18-15(16)17-13)9-3-2-4-10(7-9)20(22)23/h2-4,7-8,21H,5-6H2,1H3. The van der Waals surface area contributed by atoms with Gasteiger partial charge in [0.2, 0.25) is 5.28 Å². The molecular weight excluding hydrogens is 352 g/mol. The van der Waals surface area contributed by atoms with Crippen molar-refractivity contribution in [1.82, 2.24) is 9.97 Å². The van der Waals surface area contributed by atoms with Crippen LogP contribution in [0, 0.1) is 10.1 Å². The van der Waals surface area contributed by atoms with Crippen LogP contribution in [0.15, 0.2) is 29.6 Å². The minimum Gasteiger partial charge on any atom is -0.395 e. The third-order valence-corrected chi connectivity index (χ3v) is 4.59. The highest BCUT2D eigenvalue weighted by Crippen LogP contribution is 2.39. The van der Waals surface area contributed by atoms with Gasteiger partial charge in [-0.05, 0) is 17.2 Å². The Morgan fingerprint density at radius 3 is 2.92 bits per heavy atom. The lowest BCUT2D eigenvalue weighted by Gasteiger charge is -2.18. The fraction of sp³-hybridized carbons (Fsp3) is 0.200. The summed E-state index contributed by atoms with van der Waals surface area (Å²) in [5.74, 6) is 0.585. The quantitative estimate of drug-likeness (QED) is 0.424. The van der Waals surface area contributed by atoms with Gasteiger partial charge < -0.3 is 10.0 Å². The first-order chi connectivity index (χ1) is 11.5. The second-order valence-corrected chi connectivity index (χ2v) is 6.29. The molecule has 3 rings (SSSR count). The minimum atomic E-state index is -0.426. The van der Waals surface area contributed by atoms with Crippen LogP contribution in [0.4, 0.5) is 11.5 Å². The van der Waals surface area contributed by atoms with Crippen molar-refractivity contribution < 1.29 is 10.0 Å². The molecule has 0 aliphatic heterocycles. The number of rotatable bonds is 5. The number of halogens is 1. The second-order valence-electron chi connectivity index (χ2n) is 5.10. The summed E-state index contributed by atoms with van der Waals surface area (Å²) in [6.45, 7) is 0.350. The molecule has 0 aliphatic rings. The number of likely N-dealkylation sites (N-methyl/N-ethyl adjacent to an activating group) is 1. The first kappa shape index (κ1) is 16.6. The number of aromatic nitrogens is 2. The van der Waals surface area contributed by atoms with Crippen LogP contribution in [0.3, 0.4) is 0 Å². The van der Waals surface area contributed by atoms with Crippen LogP contribution in [0.1, 0.15) is 0 Å². The number of hydrogen-bond donors (Lipinski definition) is 1. The van der Waals surface area contributed by atoms with Gasteiger partial charge in [0.25, 0.3) is 5.69 Å². The molecule has 124 valence electrons. The third-order valence-electron chi connectivity index (χ3n) is 3.55. The summed E-state index contributed by atoms with van der Waals surface area (Å²) in [7, 11) is 1.79. The van der Waals surface area contributed by atoms with Crippen molar-refractivity contribution in [3.05, 3.63) is 45.0 Å². The number of thiophene rings is 1. The van der Waals surface area contributed by atoms with E-state index in [9.17, 15) is 15.2 Å². The van der Waals surface area contributed by atoms with Gasteiger partial charge in [-0.15, -0.1) is 11.3 Å². The molecule has 0 saturated heterocycles. The van der Waals surface area contributed by atoms with Crippen molar-refractivity contribution in [1.29, 1.82) is 0 Å². The van der Waals surface area contributed by atoms with Gasteiger partial charge in [0.1, 0.15) is 10.6 Å². The summed E-state index contributed by atoms with van der Waals surface area (Å²) in [4.78, 5) is 21.6. The van der Waals surface area contributed by atoms with Crippen molar-refractivity contribution >= 4 is 44.7 Å². The fourth-order valence-electron chi connectivity index (χ4n) is 2.43. The van der Waals surface area contributed by atoms with E-state index in [-0.39, 0.29) is 17.6 Å². The topological polar surface area (TPSA) is 92.4 Å². The highest BCUT2D eigenvalue weighted by Gasteiger charge is 2.18. The van der Waals surface area contributed by atoms with E-state index in [0.717, 1.165) is 10.9 Å². The normalized spacial score (nSPS) is 11.0. The number of aliphatic hydroxyl groups is 1. The first-order valence-corrected chi connectivity index (χ1v) is 8.28. The predicted molar refractivity (Wildman–Crippen MR) is 94.9 cm³/mol. The molecule has 0 atom stereocenters. The number of non-ortho nitro benzene ring substituents is 1. The molecule has 2 heterocycles. The molecule has 1 aromatic carbocycles. The second kappa shape index (κ2) is 6.68. The van der Waals surface area contributed by atoms with Crippen LogP contribution < -0.4 is 4.90 Å². The van der Waals surface area contributed by atoms with Gasteiger partial charge in [-0.1, -0.05) is 12.1 Å². The Hall–Kier alpha value is -2.29. The van der Waals surface area contributed by atoms with Gasteiger partial charge in [0.15, 0.2) is 0 Å². The molecule has 1 N–H and O–H groups in total. The zero-order chi connectivity index (χ0) is 17.3. The lowest BCUT2D eigenvalue weighted by molar-refractivity contribution is -0.384. The van der Waals surface area contributed by atoms with Crippen molar-refractivity contribution in [2.45, 2.75) is 0 Å². The van der Waals surface area contributed by atoms with E-state index in [4.69, 9.17) is 11.6 Å². The first-order valence-electron chi connectivity index (χ1n) is 7.03. The van der Waals surface area contributed by atoms with Crippen molar-refractivity contribution in [3.8, 4) is 11.1 Å². The molecule has 0 unspecified atom stereocenters. The molecule has 0 aliphatic carbocycles. The zero-order valence-corrected chi connectivity index (χ0v) is 14.2. The SMILES string of the molecule is CN(CCO)c1nc(Cl)nc2scc(-c3cccc([N+](=O)[O-])c3)c12. The molecule has 24 heavy (non-hydrogen) atoms. The Bertz CT molecular complexity index is 915. The monoisotopic (exact) mass is 364 g/mol. The smallest absolute Gasteiger partial charge is 0.270 e. The highest BCUT2D eigenvalue weighted by atomic mass is 35.5. The maximum atomic E-state index is 11.0.